The molecule has 1 rings (SSSR count). The van der Waals surface area contributed by atoms with Crippen LogP contribution < -0.4 is 0 Å². The van der Waals surface area contributed by atoms with E-state index in [2.05, 4.69) is 0 Å². The Labute approximate surface area is 79.5 Å². The molecule has 12 heavy (non-hydrogen) atoms. The van der Waals surface area contributed by atoms with E-state index < -0.39 is 10.8 Å². The molecule has 0 amide bonds. The van der Waals surface area contributed by atoms with Crippen LogP contribution in [0, 0.1) is 0 Å². The molecule has 0 aliphatic rings. The molecule has 64 valence electrons. The Morgan fingerprint density at radius 2 is 2.00 bits per heavy atom. The van der Waals surface area contributed by atoms with Crippen molar-refractivity contribution in [3.63, 3.8) is 0 Å². The zero-order valence-corrected chi connectivity index (χ0v) is 8.23. The summed E-state index contributed by atoms with van der Waals surface area (Å²) in [6, 6.07) is 9.15. The Bertz CT molecular complexity index is 306. The van der Waals surface area contributed by atoms with Crippen LogP contribution in [0.1, 0.15) is 6.92 Å². The fraction of sp³-hybridized carbons (Fsp3) is 0.111. The van der Waals surface area contributed by atoms with E-state index in [0.717, 1.165) is 4.90 Å². The minimum absolute atomic E-state index is 0.376. The van der Waals surface area contributed by atoms with Gasteiger partial charge in [-0.1, -0.05) is 35.9 Å². The largest absolute Gasteiger partial charge is 0.248 e. The average Bonchev–Trinajstić information content (AvgIpc) is 2.17. The number of rotatable bonds is 2. The number of halogens is 1. The third-order valence-electron chi connectivity index (χ3n) is 1.36. The molecular weight excluding hydrogens is 192 g/mol. The van der Waals surface area contributed by atoms with Gasteiger partial charge >= 0.3 is 0 Å². The fourth-order valence-corrected chi connectivity index (χ4v) is 1.87. The molecule has 0 radical (unpaired) electrons. The smallest absolute Gasteiger partial charge is 0.105 e. The van der Waals surface area contributed by atoms with E-state index in [0.29, 0.717) is 4.36 Å². The van der Waals surface area contributed by atoms with E-state index in [1.54, 1.807) is 25.1 Å². The lowest BCUT2D eigenvalue weighted by Gasteiger charge is -1.97. The summed E-state index contributed by atoms with van der Waals surface area (Å²) in [7, 11) is -1.20. The third-order valence-corrected chi connectivity index (χ3v) is 3.29. The molecule has 1 aromatic carbocycles. The Morgan fingerprint density at radius 3 is 2.50 bits per heavy atom. The maximum atomic E-state index is 11.5. The number of benzene rings is 1. The summed E-state index contributed by atoms with van der Waals surface area (Å²) in [5.41, 5.74) is 0. The summed E-state index contributed by atoms with van der Waals surface area (Å²) < 4.78 is 11.9. The van der Waals surface area contributed by atoms with Gasteiger partial charge in [-0.2, -0.15) is 0 Å². The van der Waals surface area contributed by atoms with Gasteiger partial charge in [0.05, 0.1) is 10.8 Å². The molecule has 0 saturated carbocycles. The topological polar surface area (TPSA) is 17.1 Å². The molecular formula is C9H9ClOS. The molecule has 0 saturated heterocycles. The molecule has 0 aliphatic carbocycles. The summed E-state index contributed by atoms with van der Waals surface area (Å²) in [5, 5.41) is 0. The third kappa shape index (κ3) is 2.19. The van der Waals surface area contributed by atoms with Gasteiger partial charge in [0.15, 0.2) is 0 Å². The SMILES string of the molecule is C/C=C(/Cl)S(=O)c1ccccc1. The van der Waals surface area contributed by atoms with Crippen molar-refractivity contribution in [3.05, 3.63) is 40.8 Å². The van der Waals surface area contributed by atoms with Crippen LogP contribution in [-0.2, 0) is 10.8 Å². The van der Waals surface area contributed by atoms with Gasteiger partial charge < -0.3 is 0 Å². The van der Waals surface area contributed by atoms with Crippen molar-refractivity contribution in [2.45, 2.75) is 11.8 Å². The standard InChI is InChI=1S/C9H9ClOS/c1-2-9(10)12(11)8-6-4-3-5-7-8/h2-7H,1H3/b9-2-. The quantitative estimate of drug-likeness (QED) is 0.718. The summed E-state index contributed by atoms with van der Waals surface area (Å²) in [4.78, 5) is 0.737. The van der Waals surface area contributed by atoms with Gasteiger partial charge in [0.25, 0.3) is 0 Å². The van der Waals surface area contributed by atoms with Crippen molar-refractivity contribution >= 4 is 22.4 Å². The second-order valence-corrected chi connectivity index (χ2v) is 4.25. The van der Waals surface area contributed by atoms with Gasteiger partial charge in [0.1, 0.15) is 4.36 Å². The summed E-state index contributed by atoms with van der Waals surface area (Å²) in [6.07, 6.45) is 1.64. The van der Waals surface area contributed by atoms with E-state index in [9.17, 15) is 4.21 Å². The number of hydrogen-bond donors (Lipinski definition) is 0. The number of hydrogen-bond acceptors (Lipinski definition) is 1. The van der Waals surface area contributed by atoms with Crippen LogP contribution in [0.5, 0.6) is 0 Å². The van der Waals surface area contributed by atoms with Crippen LogP contribution in [0.4, 0.5) is 0 Å². The molecule has 3 heteroatoms. The van der Waals surface area contributed by atoms with Crippen molar-refractivity contribution in [1.82, 2.24) is 0 Å². The monoisotopic (exact) mass is 200 g/mol. The highest BCUT2D eigenvalue weighted by Gasteiger charge is 2.04. The first-order valence-electron chi connectivity index (χ1n) is 3.54. The predicted octanol–water partition coefficient (Wildman–Crippen LogP) is 2.89. The first kappa shape index (κ1) is 9.49. The van der Waals surface area contributed by atoms with Gasteiger partial charge in [-0.3, -0.25) is 0 Å². The summed E-state index contributed by atoms with van der Waals surface area (Å²) in [5.74, 6) is 0. The van der Waals surface area contributed by atoms with E-state index in [1.807, 2.05) is 18.2 Å². The van der Waals surface area contributed by atoms with Gasteiger partial charge in [0.2, 0.25) is 0 Å². The van der Waals surface area contributed by atoms with Crippen LogP contribution >= 0.6 is 11.6 Å². The van der Waals surface area contributed by atoms with E-state index >= 15 is 0 Å². The molecule has 0 aromatic heterocycles. The van der Waals surface area contributed by atoms with E-state index in [1.165, 1.54) is 0 Å². The second kappa shape index (κ2) is 4.43. The summed E-state index contributed by atoms with van der Waals surface area (Å²) >= 11 is 5.71. The Kier molecular flexibility index (Phi) is 3.50. The zero-order valence-electron chi connectivity index (χ0n) is 6.66. The molecule has 0 N–H and O–H groups in total. The van der Waals surface area contributed by atoms with Crippen molar-refractivity contribution in [1.29, 1.82) is 0 Å². The number of allylic oxidation sites excluding steroid dienone is 1. The molecule has 1 unspecified atom stereocenters. The average molecular weight is 201 g/mol. The summed E-state index contributed by atoms with van der Waals surface area (Å²) in [6.45, 7) is 1.77. The van der Waals surface area contributed by atoms with Crippen LogP contribution in [0.25, 0.3) is 0 Å². The first-order chi connectivity index (χ1) is 5.75. The second-order valence-electron chi connectivity index (χ2n) is 2.17. The Morgan fingerprint density at radius 1 is 1.42 bits per heavy atom. The van der Waals surface area contributed by atoms with Gasteiger partial charge in [-0.05, 0) is 19.1 Å². The van der Waals surface area contributed by atoms with Crippen molar-refractivity contribution in [2.24, 2.45) is 0 Å². The maximum absolute atomic E-state index is 11.5. The van der Waals surface area contributed by atoms with Crippen LogP contribution in [0.2, 0.25) is 0 Å². The van der Waals surface area contributed by atoms with E-state index in [-0.39, 0.29) is 0 Å². The highest BCUT2D eigenvalue weighted by molar-refractivity contribution is 7.90. The molecule has 1 aromatic rings. The lowest BCUT2D eigenvalue weighted by Crippen LogP contribution is -1.89. The van der Waals surface area contributed by atoms with Crippen molar-refractivity contribution in [3.8, 4) is 0 Å². The molecule has 0 aliphatic heterocycles. The van der Waals surface area contributed by atoms with Crippen LogP contribution in [0.3, 0.4) is 0 Å². The first-order valence-corrected chi connectivity index (χ1v) is 5.07. The fourth-order valence-electron chi connectivity index (χ4n) is 0.764. The Hall–Kier alpha value is -0.600. The van der Waals surface area contributed by atoms with Gasteiger partial charge in [-0.25, -0.2) is 4.21 Å². The van der Waals surface area contributed by atoms with Crippen molar-refractivity contribution < 1.29 is 4.21 Å². The highest BCUT2D eigenvalue weighted by Crippen LogP contribution is 2.16. The molecule has 1 nitrogen and oxygen atoms in total. The maximum Gasteiger partial charge on any atom is 0.105 e. The van der Waals surface area contributed by atoms with Crippen LogP contribution in [-0.4, -0.2) is 4.21 Å². The van der Waals surface area contributed by atoms with Crippen molar-refractivity contribution in [2.75, 3.05) is 0 Å². The molecule has 0 heterocycles. The van der Waals surface area contributed by atoms with Gasteiger partial charge in [0, 0.05) is 4.90 Å². The Balaban J connectivity index is 2.94. The minimum atomic E-state index is -1.20. The minimum Gasteiger partial charge on any atom is -0.248 e. The molecule has 0 fully saturated rings. The molecule has 1 atom stereocenters. The predicted molar refractivity (Wildman–Crippen MR) is 52.5 cm³/mol. The zero-order chi connectivity index (χ0) is 8.97. The molecule has 0 spiro atoms. The molecule has 0 bridgehead atoms. The normalized spacial score (nSPS) is 14.3. The van der Waals surface area contributed by atoms with E-state index in [4.69, 9.17) is 11.6 Å². The lowest BCUT2D eigenvalue weighted by molar-refractivity contribution is 0.688. The highest BCUT2D eigenvalue weighted by atomic mass is 35.5. The lowest BCUT2D eigenvalue weighted by atomic mass is 10.4. The van der Waals surface area contributed by atoms with Crippen LogP contribution in [0.15, 0.2) is 45.7 Å². The van der Waals surface area contributed by atoms with Gasteiger partial charge in [-0.15, -0.1) is 0 Å².